The van der Waals surface area contributed by atoms with Crippen LogP contribution in [0.2, 0.25) is 0 Å². The molecule has 28 heavy (non-hydrogen) atoms. The van der Waals surface area contributed by atoms with Crippen molar-refractivity contribution in [3.63, 3.8) is 0 Å². The van der Waals surface area contributed by atoms with Gasteiger partial charge in [0.2, 0.25) is 0 Å². The Bertz CT molecular complexity index is 1040. The molecule has 3 aromatic rings. The fourth-order valence-electron chi connectivity index (χ4n) is 2.94. The second-order valence-electron chi connectivity index (χ2n) is 6.17. The van der Waals surface area contributed by atoms with Gasteiger partial charge in [-0.2, -0.15) is 5.10 Å². The predicted octanol–water partition coefficient (Wildman–Crippen LogP) is 3.94. The summed E-state index contributed by atoms with van der Waals surface area (Å²) in [5.41, 5.74) is 4.71. The van der Waals surface area contributed by atoms with E-state index in [1.165, 1.54) is 7.11 Å². The van der Waals surface area contributed by atoms with Gasteiger partial charge in [0.1, 0.15) is 17.2 Å². The van der Waals surface area contributed by atoms with Crippen LogP contribution >= 0.6 is 0 Å². The molecule has 3 aromatic carbocycles. The Morgan fingerprint density at radius 2 is 1.68 bits per heavy atom. The summed E-state index contributed by atoms with van der Waals surface area (Å²) < 4.78 is 16.1. The summed E-state index contributed by atoms with van der Waals surface area (Å²) in [6.45, 7) is 1.93. The summed E-state index contributed by atoms with van der Waals surface area (Å²) in [4.78, 5) is 12.5. The largest absolute Gasteiger partial charge is 0.497 e. The molecule has 0 aromatic heterocycles. The number of nitrogens with zero attached hydrogens (tertiary/aromatic N) is 1. The quantitative estimate of drug-likeness (QED) is 0.521. The Kier molecular flexibility index (Phi) is 5.79. The van der Waals surface area contributed by atoms with Crippen molar-refractivity contribution < 1.29 is 19.0 Å². The molecule has 0 aliphatic rings. The lowest BCUT2D eigenvalue weighted by Gasteiger charge is -2.10. The molecule has 1 amide bonds. The zero-order chi connectivity index (χ0) is 20.1. The number of hydrogen-bond donors (Lipinski definition) is 1. The predicted molar refractivity (Wildman–Crippen MR) is 110 cm³/mol. The van der Waals surface area contributed by atoms with Crippen LogP contribution in [-0.2, 0) is 0 Å². The van der Waals surface area contributed by atoms with Gasteiger partial charge in [-0.05, 0) is 53.6 Å². The first-order valence-corrected chi connectivity index (χ1v) is 8.70. The fourth-order valence-corrected chi connectivity index (χ4v) is 2.94. The minimum Gasteiger partial charge on any atom is -0.497 e. The van der Waals surface area contributed by atoms with E-state index in [4.69, 9.17) is 14.2 Å². The maximum absolute atomic E-state index is 12.5. The highest BCUT2D eigenvalue weighted by Gasteiger charge is 2.12. The van der Waals surface area contributed by atoms with Crippen molar-refractivity contribution in [1.29, 1.82) is 0 Å². The van der Waals surface area contributed by atoms with Gasteiger partial charge in [-0.1, -0.05) is 18.2 Å². The molecule has 3 rings (SSSR count). The van der Waals surface area contributed by atoms with Crippen LogP contribution in [0, 0.1) is 6.92 Å². The van der Waals surface area contributed by atoms with Crippen LogP contribution in [0.3, 0.4) is 0 Å². The van der Waals surface area contributed by atoms with Crippen LogP contribution in [0.25, 0.3) is 10.8 Å². The van der Waals surface area contributed by atoms with E-state index in [-0.39, 0.29) is 5.91 Å². The van der Waals surface area contributed by atoms with E-state index >= 15 is 0 Å². The van der Waals surface area contributed by atoms with Crippen molar-refractivity contribution >= 4 is 22.9 Å². The Morgan fingerprint density at radius 1 is 0.929 bits per heavy atom. The molecule has 0 spiro atoms. The maximum atomic E-state index is 12.5. The lowest BCUT2D eigenvalue weighted by Crippen LogP contribution is -2.18. The number of fused-ring (bicyclic) bond motifs is 1. The number of methoxy groups -OCH3 is 3. The minimum atomic E-state index is -0.357. The molecule has 0 bridgehead atoms. The SMILES string of the molecule is COc1ccc2ccc(OC)c(/C=N\NC(=O)c3ccc(C)cc3OC)c2c1. The molecule has 6 nitrogen and oxygen atoms in total. The van der Waals surface area contributed by atoms with Gasteiger partial charge in [0, 0.05) is 5.56 Å². The monoisotopic (exact) mass is 378 g/mol. The number of carbonyl (C=O) groups is 1. The molecule has 6 heteroatoms. The third-order valence-electron chi connectivity index (χ3n) is 4.41. The zero-order valence-corrected chi connectivity index (χ0v) is 16.3. The molecule has 0 saturated carbocycles. The second kappa shape index (κ2) is 8.43. The van der Waals surface area contributed by atoms with E-state index in [9.17, 15) is 4.79 Å². The van der Waals surface area contributed by atoms with Crippen LogP contribution < -0.4 is 19.6 Å². The normalized spacial score (nSPS) is 10.9. The Hall–Kier alpha value is -3.54. The Morgan fingerprint density at radius 3 is 2.39 bits per heavy atom. The first kappa shape index (κ1) is 19.2. The summed E-state index contributed by atoms with van der Waals surface area (Å²) in [7, 11) is 4.74. The van der Waals surface area contributed by atoms with Gasteiger partial charge in [-0.15, -0.1) is 0 Å². The third-order valence-corrected chi connectivity index (χ3v) is 4.41. The molecular weight excluding hydrogens is 356 g/mol. The van der Waals surface area contributed by atoms with Crippen molar-refractivity contribution in [3.8, 4) is 17.2 Å². The Balaban J connectivity index is 1.91. The topological polar surface area (TPSA) is 69.2 Å². The van der Waals surface area contributed by atoms with Crippen LogP contribution in [0.5, 0.6) is 17.2 Å². The van der Waals surface area contributed by atoms with Crippen molar-refractivity contribution in [2.24, 2.45) is 5.10 Å². The number of rotatable bonds is 6. The van der Waals surface area contributed by atoms with Gasteiger partial charge in [-0.3, -0.25) is 4.79 Å². The van der Waals surface area contributed by atoms with Gasteiger partial charge >= 0.3 is 0 Å². The van der Waals surface area contributed by atoms with Crippen LogP contribution in [0.4, 0.5) is 0 Å². The standard InChI is InChI=1S/C22H22N2O4/c1-14-5-9-17(21(11-14)28-4)22(25)24-23-13-19-18-12-16(26-2)8-6-15(18)7-10-20(19)27-3/h5-13H,1-4H3,(H,24,25)/b23-13-. The van der Waals surface area contributed by atoms with Gasteiger partial charge in [0.25, 0.3) is 5.91 Å². The second-order valence-corrected chi connectivity index (χ2v) is 6.17. The van der Waals surface area contributed by atoms with E-state index in [0.717, 1.165) is 27.6 Å². The number of carbonyl (C=O) groups excluding carboxylic acids is 1. The van der Waals surface area contributed by atoms with E-state index in [0.29, 0.717) is 17.1 Å². The van der Waals surface area contributed by atoms with E-state index in [2.05, 4.69) is 10.5 Å². The molecular formula is C22H22N2O4. The number of ether oxygens (including phenoxy) is 3. The third kappa shape index (κ3) is 3.91. The molecule has 0 aliphatic heterocycles. The van der Waals surface area contributed by atoms with Crippen molar-refractivity contribution in [2.45, 2.75) is 6.92 Å². The molecule has 0 atom stereocenters. The number of nitrogens with one attached hydrogen (secondary N) is 1. The van der Waals surface area contributed by atoms with Gasteiger partial charge in [0.05, 0.1) is 33.1 Å². The van der Waals surface area contributed by atoms with Crippen LogP contribution in [0.15, 0.2) is 53.6 Å². The summed E-state index contributed by atoms with van der Waals surface area (Å²) in [6.07, 6.45) is 1.57. The Labute approximate surface area is 163 Å². The summed E-state index contributed by atoms with van der Waals surface area (Å²) in [6, 6.07) is 14.9. The molecule has 0 aliphatic carbocycles. The average Bonchev–Trinajstić information content (AvgIpc) is 2.73. The van der Waals surface area contributed by atoms with Gasteiger partial charge < -0.3 is 14.2 Å². The minimum absolute atomic E-state index is 0.357. The smallest absolute Gasteiger partial charge is 0.275 e. The summed E-state index contributed by atoms with van der Waals surface area (Å²) in [5.74, 6) is 1.51. The molecule has 0 fully saturated rings. The van der Waals surface area contributed by atoms with E-state index < -0.39 is 0 Å². The van der Waals surface area contributed by atoms with Crippen molar-refractivity contribution in [3.05, 3.63) is 65.2 Å². The van der Waals surface area contributed by atoms with Gasteiger partial charge in [-0.25, -0.2) is 5.43 Å². The summed E-state index contributed by atoms with van der Waals surface area (Å²) in [5, 5.41) is 6.04. The number of hydrogen-bond acceptors (Lipinski definition) is 5. The summed E-state index contributed by atoms with van der Waals surface area (Å²) >= 11 is 0. The van der Waals surface area contributed by atoms with Gasteiger partial charge in [0.15, 0.2) is 0 Å². The van der Waals surface area contributed by atoms with Crippen LogP contribution in [0.1, 0.15) is 21.5 Å². The molecule has 0 heterocycles. The highest BCUT2D eigenvalue weighted by molar-refractivity contribution is 6.04. The molecule has 0 saturated heterocycles. The van der Waals surface area contributed by atoms with E-state index in [1.54, 1.807) is 32.6 Å². The first-order chi connectivity index (χ1) is 13.6. The van der Waals surface area contributed by atoms with Crippen molar-refractivity contribution in [2.75, 3.05) is 21.3 Å². The highest BCUT2D eigenvalue weighted by Crippen LogP contribution is 2.29. The lowest BCUT2D eigenvalue weighted by molar-refractivity contribution is 0.0952. The first-order valence-electron chi connectivity index (χ1n) is 8.70. The molecule has 1 N–H and O–H groups in total. The fraction of sp³-hybridized carbons (Fsp3) is 0.182. The number of hydrazone groups is 1. The maximum Gasteiger partial charge on any atom is 0.275 e. The molecule has 0 unspecified atom stereocenters. The average molecular weight is 378 g/mol. The van der Waals surface area contributed by atoms with E-state index in [1.807, 2.05) is 43.3 Å². The number of amides is 1. The lowest BCUT2D eigenvalue weighted by atomic mass is 10.0. The van der Waals surface area contributed by atoms with Crippen LogP contribution in [-0.4, -0.2) is 33.5 Å². The number of benzene rings is 3. The molecule has 144 valence electrons. The zero-order valence-electron chi connectivity index (χ0n) is 16.3. The highest BCUT2D eigenvalue weighted by atomic mass is 16.5. The molecule has 0 radical (unpaired) electrons. The number of aryl methyl sites for hydroxylation is 1. The van der Waals surface area contributed by atoms with Crippen molar-refractivity contribution in [1.82, 2.24) is 5.43 Å².